The molecule has 8 heteroatoms. The Balaban J connectivity index is 1.68. The molecule has 0 aliphatic carbocycles. The van der Waals surface area contributed by atoms with E-state index in [9.17, 15) is 9.59 Å². The Morgan fingerprint density at radius 1 is 1.00 bits per heavy atom. The van der Waals surface area contributed by atoms with E-state index in [1.54, 1.807) is 48.5 Å². The highest BCUT2D eigenvalue weighted by molar-refractivity contribution is 6.30. The van der Waals surface area contributed by atoms with Gasteiger partial charge in [0.1, 0.15) is 0 Å². The largest absolute Gasteiger partial charge is 0.355 e. The van der Waals surface area contributed by atoms with Crippen molar-refractivity contribution >= 4 is 34.9 Å². The molecule has 0 bridgehead atoms. The lowest BCUT2D eigenvalue weighted by atomic mass is 10.1. The van der Waals surface area contributed by atoms with Gasteiger partial charge in [-0.05, 0) is 36.4 Å². The predicted molar refractivity (Wildman–Crippen MR) is 99.4 cm³/mol. The third-order valence-corrected chi connectivity index (χ3v) is 3.71. The Labute approximate surface area is 154 Å². The molecule has 1 heterocycles. The summed E-state index contributed by atoms with van der Waals surface area (Å²) in [5.41, 5.74) is 2.04. The van der Waals surface area contributed by atoms with Gasteiger partial charge in [-0.25, -0.2) is 4.79 Å². The highest BCUT2D eigenvalue weighted by Crippen LogP contribution is 2.24. The van der Waals surface area contributed by atoms with Crippen molar-refractivity contribution in [2.75, 3.05) is 17.7 Å². The van der Waals surface area contributed by atoms with Gasteiger partial charge >= 0.3 is 6.03 Å². The van der Waals surface area contributed by atoms with Gasteiger partial charge < -0.3 is 20.5 Å². The fraction of sp³-hybridized carbons (Fsp3) is 0.0556. The number of rotatable bonds is 4. The van der Waals surface area contributed by atoms with Gasteiger partial charge in [-0.1, -0.05) is 28.9 Å². The molecule has 3 amide bonds. The van der Waals surface area contributed by atoms with Crippen LogP contribution in [-0.4, -0.2) is 24.1 Å². The standard InChI is InChI=1S/C18H15ClN4O3/c1-20-18(25)22-14-7-5-13(6-8-14)21-17(24)15-10-16(26-23-15)11-3-2-4-12(19)9-11/h2-10H,1H3,(H,21,24)(H2,20,22,25). The Morgan fingerprint density at radius 2 is 1.69 bits per heavy atom. The number of hydrogen-bond donors (Lipinski definition) is 3. The summed E-state index contributed by atoms with van der Waals surface area (Å²) in [6, 6.07) is 15.0. The van der Waals surface area contributed by atoms with E-state index in [-0.39, 0.29) is 11.7 Å². The highest BCUT2D eigenvalue weighted by atomic mass is 35.5. The molecule has 0 aliphatic heterocycles. The fourth-order valence-electron chi connectivity index (χ4n) is 2.19. The summed E-state index contributed by atoms with van der Waals surface area (Å²) in [4.78, 5) is 23.5. The van der Waals surface area contributed by atoms with Crippen molar-refractivity contribution in [3.63, 3.8) is 0 Å². The molecule has 0 unspecified atom stereocenters. The first-order valence-corrected chi connectivity index (χ1v) is 8.06. The maximum absolute atomic E-state index is 12.3. The van der Waals surface area contributed by atoms with E-state index < -0.39 is 5.91 Å². The second-order valence-corrected chi connectivity index (χ2v) is 5.76. The number of anilines is 2. The number of nitrogens with zero attached hydrogens (tertiary/aromatic N) is 1. The Morgan fingerprint density at radius 3 is 2.35 bits per heavy atom. The Kier molecular flexibility index (Phi) is 5.19. The van der Waals surface area contributed by atoms with Crippen molar-refractivity contribution in [1.29, 1.82) is 0 Å². The van der Waals surface area contributed by atoms with E-state index >= 15 is 0 Å². The van der Waals surface area contributed by atoms with Crippen molar-refractivity contribution in [1.82, 2.24) is 10.5 Å². The number of benzene rings is 2. The molecular weight excluding hydrogens is 356 g/mol. The van der Waals surface area contributed by atoms with E-state index in [1.165, 1.54) is 7.05 Å². The van der Waals surface area contributed by atoms with Crippen LogP contribution in [0.5, 0.6) is 0 Å². The number of carbonyl (C=O) groups excluding carboxylic acids is 2. The zero-order valence-electron chi connectivity index (χ0n) is 13.7. The molecule has 0 spiro atoms. The van der Waals surface area contributed by atoms with Crippen molar-refractivity contribution in [3.8, 4) is 11.3 Å². The van der Waals surface area contributed by atoms with Gasteiger partial charge in [-0.2, -0.15) is 0 Å². The van der Waals surface area contributed by atoms with E-state index in [1.807, 2.05) is 6.07 Å². The minimum Gasteiger partial charge on any atom is -0.355 e. The molecule has 1 aromatic heterocycles. The normalized spacial score (nSPS) is 10.2. The van der Waals surface area contributed by atoms with Crippen molar-refractivity contribution in [3.05, 3.63) is 65.3 Å². The van der Waals surface area contributed by atoms with Gasteiger partial charge in [0, 0.05) is 35.1 Å². The topological polar surface area (TPSA) is 96.3 Å². The molecule has 0 atom stereocenters. The summed E-state index contributed by atoms with van der Waals surface area (Å²) < 4.78 is 5.22. The first kappa shape index (κ1) is 17.5. The summed E-state index contributed by atoms with van der Waals surface area (Å²) in [5.74, 6) is 0.0387. The minimum absolute atomic E-state index is 0.146. The second-order valence-electron chi connectivity index (χ2n) is 5.32. The van der Waals surface area contributed by atoms with Gasteiger partial charge in [0.05, 0.1) is 0 Å². The van der Waals surface area contributed by atoms with Crippen LogP contribution in [0.2, 0.25) is 5.02 Å². The number of nitrogens with one attached hydrogen (secondary N) is 3. The molecule has 0 saturated heterocycles. The van der Waals surface area contributed by atoms with Crippen molar-refractivity contribution < 1.29 is 14.1 Å². The first-order valence-electron chi connectivity index (χ1n) is 7.68. The van der Waals surface area contributed by atoms with Crippen LogP contribution in [0.25, 0.3) is 11.3 Å². The minimum atomic E-state index is -0.408. The Bertz CT molecular complexity index is 938. The molecule has 2 aromatic carbocycles. The summed E-state index contributed by atoms with van der Waals surface area (Å²) in [6.07, 6.45) is 0. The van der Waals surface area contributed by atoms with Crippen LogP contribution in [-0.2, 0) is 0 Å². The second kappa shape index (κ2) is 7.71. The molecule has 0 radical (unpaired) electrons. The lowest BCUT2D eigenvalue weighted by molar-refractivity contribution is 0.101. The van der Waals surface area contributed by atoms with Crippen LogP contribution in [0.3, 0.4) is 0 Å². The van der Waals surface area contributed by atoms with Crippen molar-refractivity contribution in [2.24, 2.45) is 0 Å². The molecule has 132 valence electrons. The van der Waals surface area contributed by atoms with Gasteiger partial charge in [0.2, 0.25) is 0 Å². The lowest BCUT2D eigenvalue weighted by Crippen LogP contribution is -2.24. The average molecular weight is 371 g/mol. The van der Waals surface area contributed by atoms with Crippen LogP contribution in [0.15, 0.2) is 59.1 Å². The maximum Gasteiger partial charge on any atom is 0.318 e. The summed E-state index contributed by atoms with van der Waals surface area (Å²) >= 11 is 5.95. The van der Waals surface area contributed by atoms with Crippen LogP contribution in [0.4, 0.5) is 16.2 Å². The molecule has 26 heavy (non-hydrogen) atoms. The van der Waals surface area contributed by atoms with E-state index in [2.05, 4.69) is 21.1 Å². The number of hydrogen-bond acceptors (Lipinski definition) is 4. The molecule has 3 aromatic rings. The van der Waals surface area contributed by atoms with Gasteiger partial charge in [-0.15, -0.1) is 0 Å². The summed E-state index contributed by atoms with van der Waals surface area (Å²) in [6.45, 7) is 0. The maximum atomic E-state index is 12.3. The smallest absolute Gasteiger partial charge is 0.318 e. The summed E-state index contributed by atoms with van der Waals surface area (Å²) in [5, 5.41) is 12.2. The summed E-state index contributed by atoms with van der Waals surface area (Å²) in [7, 11) is 1.53. The van der Waals surface area contributed by atoms with Crippen LogP contribution < -0.4 is 16.0 Å². The number of amides is 3. The van der Waals surface area contributed by atoms with Crippen LogP contribution in [0, 0.1) is 0 Å². The molecule has 3 N–H and O–H groups in total. The van der Waals surface area contributed by atoms with Gasteiger partial charge in [0.25, 0.3) is 5.91 Å². The Hall–Kier alpha value is -3.32. The van der Waals surface area contributed by atoms with Crippen molar-refractivity contribution in [2.45, 2.75) is 0 Å². The number of aromatic nitrogens is 1. The van der Waals surface area contributed by atoms with E-state index in [0.29, 0.717) is 22.2 Å². The quantitative estimate of drug-likeness (QED) is 0.646. The molecule has 0 fully saturated rings. The van der Waals surface area contributed by atoms with Gasteiger partial charge in [0.15, 0.2) is 11.5 Å². The molecular formula is C18H15ClN4O3. The number of carbonyl (C=O) groups is 2. The van der Waals surface area contributed by atoms with E-state index in [0.717, 1.165) is 5.56 Å². The lowest BCUT2D eigenvalue weighted by Gasteiger charge is -2.06. The third-order valence-electron chi connectivity index (χ3n) is 3.48. The van der Waals surface area contributed by atoms with E-state index in [4.69, 9.17) is 16.1 Å². The molecule has 0 saturated carbocycles. The predicted octanol–water partition coefficient (Wildman–Crippen LogP) is 4.00. The fourth-order valence-corrected chi connectivity index (χ4v) is 2.38. The number of halogens is 1. The first-order chi connectivity index (χ1) is 12.5. The average Bonchev–Trinajstić information content (AvgIpc) is 3.13. The zero-order valence-corrected chi connectivity index (χ0v) is 14.5. The monoisotopic (exact) mass is 370 g/mol. The molecule has 3 rings (SSSR count). The molecule has 0 aliphatic rings. The SMILES string of the molecule is CNC(=O)Nc1ccc(NC(=O)c2cc(-c3cccc(Cl)c3)on2)cc1. The van der Waals surface area contributed by atoms with Crippen LogP contribution in [0.1, 0.15) is 10.5 Å². The van der Waals surface area contributed by atoms with Crippen LogP contribution >= 0.6 is 11.6 Å². The molecule has 7 nitrogen and oxygen atoms in total. The highest BCUT2D eigenvalue weighted by Gasteiger charge is 2.14. The third kappa shape index (κ3) is 4.20. The van der Waals surface area contributed by atoms with Gasteiger partial charge in [-0.3, -0.25) is 4.79 Å². The zero-order chi connectivity index (χ0) is 18.5. The number of urea groups is 1.